The average Bonchev–Trinajstić information content (AvgIpc) is 2.55. The van der Waals surface area contributed by atoms with Crippen LogP contribution in [0.5, 0.6) is 0 Å². The van der Waals surface area contributed by atoms with Gasteiger partial charge in [0.05, 0.1) is 0 Å². The zero-order valence-corrected chi connectivity index (χ0v) is 19.3. The minimum atomic E-state index is -2.98. The highest BCUT2D eigenvalue weighted by Gasteiger charge is 2.54. The van der Waals surface area contributed by atoms with Crippen LogP contribution in [0.25, 0.3) is 0 Å². The molecule has 0 saturated heterocycles. The van der Waals surface area contributed by atoms with Gasteiger partial charge in [-0.25, -0.2) is 0 Å². The van der Waals surface area contributed by atoms with Crippen LogP contribution in [0.1, 0.15) is 55.4 Å². The first-order valence-electron chi connectivity index (χ1n) is 9.40. The lowest BCUT2D eigenvalue weighted by Gasteiger charge is -2.38. The standard InChI is InChI=1S/C16H38O7Si2/c1-9-17-24(18-10-2,19-11-3)15(7)23-16(8)25(20-12-4,21-13-5)22-14-6/h15-16H,9-14H2,1-8H3. The maximum Gasteiger partial charge on any atom is 0.531 e. The molecule has 2 unspecified atom stereocenters. The van der Waals surface area contributed by atoms with Gasteiger partial charge in [0.15, 0.2) is 0 Å². The molecule has 0 aliphatic rings. The largest absolute Gasteiger partial charge is 0.531 e. The van der Waals surface area contributed by atoms with Crippen molar-refractivity contribution in [3.63, 3.8) is 0 Å². The predicted octanol–water partition coefficient (Wildman–Crippen LogP) is 2.96. The molecule has 25 heavy (non-hydrogen) atoms. The van der Waals surface area contributed by atoms with Crippen molar-refractivity contribution in [3.8, 4) is 0 Å². The molecule has 0 bridgehead atoms. The van der Waals surface area contributed by atoms with E-state index in [1.54, 1.807) is 0 Å². The van der Waals surface area contributed by atoms with E-state index < -0.39 is 17.6 Å². The predicted molar refractivity (Wildman–Crippen MR) is 101 cm³/mol. The van der Waals surface area contributed by atoms with Gasteiger partial charge >= 0.3 is 17.6 Å². The number of ether oxygens (including phenoxy) is 1. The molecule has 152 valence electrons. The molecular formula is C16H38O7Si2. The molecule has 0 fully saturated rings. The summed E-state index contributed by atoms with van der Waals surface area (Å²) in [6.45, 7) is 18.4. The van der Waals surface area contributed by atoms with Crippen molar-refractivity contribution < 1.29 is 31.3 Å². The summed E-state index contributed by atoms with van der Waals surface area (Å²) in [7, 11) is -5.95. The SMILES string of the molecule is CCO[Si](OCC)(OCC)C(C)OC(C)[Si](OCC)(OCC)OCC. The van der Waals surface area contributed by atoms with Crippen LogP contribution in [0.4, 0.5) is 0 Å². The second kappa shape index (κ2) is 13.3. The Morgan fingerprint density at radius 1 is 0.480 bits per heavy atom. The first-order chi connectivity index (χ1) is 11.9. The number of rotatable bonds is 16. The third-order valence-electron chi connectivity index (χ3n) is 3.48. The molecule has 0 radical (unpaired) electrons. The maximum atomic E-state index is 6.27. The van der Waals surface area contributed by atoms with Gasteiger partial charge in [0.2, 0.25) is 0 Å². The molecule has 2 atom stereocenters. The summed E-state index contributed by atoms with van der Waals surface area (Å²) in [6, 6.07) is 0. The van der Waals surface area contributed by atoms with Crippen molar-refractivity contribution in [2.45, 2.75) is 66.8 Å². The lowest BCUT2D eigenvalue weighted by Crippen LogP contribution is -2.62. The normalized spacial score (nSPS) is 15.4. The van der Waals surface area contributed by atoms with Crippen molar-refractivity contribution in [1.29, 1.82) is 0 Å². The van der Waals surface area contributed by atoms with E-state index in [4.69, 9.17) is 31.3 Å². The van der Waals surface area contributed by atoms with Crippen LogP contribution < -0.4 is 0 Å². The Balaban J connectivity index is 5.41. The second-order valence-corrected chi connectivity index (χ2v) is 11.0. The van der Waals surface area contributed by atoms with Crippen LogP contribution >= 0.6 is 0 Å². The zero-order valence-electron chi connectivity index (χ0n) is 17.3. The molecule has 0 rings (SSSR count). The molecule has 9 heteroatoms. The van der Waals surface area contributed by atoms with Crippen LogP contribution in [-0.4, -0.2) is 68.7 Å². The second-order valence-electron chi connectivity index (χ2n) is 5.23. The van der Waals surface area contributed by atoms with Crippen molar-refractivity contribution in [1.82, 2.24) is 0 Å². The van der Waals surface area contributed by atoms with E-state index >= 15 is 0 Å². The van der Waals surface area contributed by atoms with Crippen molar-refractivity contribution in [2.75, 3.05) is 39.6 Å². The van der Waals surface area contributed by atoms with Gasteiger partial charge in [-0.2, -0.15) is 0 Å². The Morgan fingerprint density at radius 2 is 0.680 bits per heavy atom. The fraction of sp³-hybridized carbons (Fsp3) is 1.00. The summed E-state index contributed by atoms with van der Waals surface area (Å²) in [5.41, 5.74) is -0.730. The number of hydrogen-bond donors (Lipinski definition) is 0. The van der Waals surface area contributed by atoms with Gasteiger partial charge in [0.1, 0.15) is 11.5 Å². The van der Waals surface area contributed by atoms with Crippen LogP contribution in [0.3, 0.4) is 0 Å². The Kier molecular flexibility index (Phi) is 13.4. The number of hydrogen-bond acceptors (Lipinski definition) is 7. The molecule has 0 heterocycles. The van der Waals surface area contributed by atoms with Gasteiger partial charge in [-0.3, -0.25) is 0 Å². The minimum Gasteiger partial charge on any atom is -0.372 e. The van der Waals surface area contributed by atoms with Crippen LogP contribution in [0.15, 0.2) is 0 Å². The van der Waals surface area contributed by atoms with Gasteiger partial charge in [0, 0.05) is 39.6 Å². The summed E-state index contributed by atoms with van der Waals surface area (Å²) in [5.74, 6) is 0. The first kappa shape index (κ1) is 25.2. The smallest absolute Gasteiger partial charge is 0.372 e. The van der Waals surface area contributed by atoms with Gasteiger partial charge in [-0.1, -0.05) is 0 Å². The summed E-state index contributed by atoms with van der Waals surface area (Å²) >= 11 is 0. The van der Waals surface area contributed by atoms with Gasteiger partial charge in [-0.05, 0) is 55.4 Å². The molecule has 0 aromatic heterocycles. The third-order valence-corrected chi connectivity index (χ3v) is 9.89. The van der Waals surface area contributed by atoms with Gasteiger partial charge in [-0.15, -0.1) is 0 Å². The Hall–Kier alpha value is 0.154. The van der Waals surface area contributed by atoms with E-state index in [2.05, 4.69) is 0 Å². The minimum absolute atomic E-state index is 0.365. The summed E-state index contributed by atoms with van der Waals surface area (Å²) in [6.07, 6.45) is 0. The average molecular weight is 399 g/mol. The van der Waals surface area contributed by atoms with Crippen molar-refractivity contribution in [3.05, 3.63) is 0 Å². The van der Waals surface area contributed by atoms with Crippen LogP contribution in [0.2, 0.25) is 0 Å². The summed E-state index contributed by atoms with van der Waals surface area (Å²) < 4.78 is 41.8. The molecule has 7 nitrogen and oxygen atoms in total. The van der Waals surface area contributed by atoms with E-state index in [9.17, 15) is 0 Å². The fourth-order valence-electron chi connectivity index (χ4n) is 2.63. The third kappa shape index (κ3) is 7.35. The van der Waals surface area contributed by atoms with Crippen LogP contribution in [0, 0.1) is 0 Å². The lowest BCUT2D eigenvalue weighted by atomic mass is 10.8. The van der Waals surface area contributed by atoms with E-state index in [1.807, 2.05) is 55.4 Å². The highest BCUT2D eigenvalue weighted by atomic mass is 28.4. The zero-order chi connectivity index (χ0) is 19.3. The molecular weight excluding hydrogens is 360 g/mol. The topological polar surface area (TPSA) is 64.6 Å². The Morgan fingerprint density at radius 3 is 0.840 bits per heavy atom. The molecule has 0 aromatic rings. The molecule has 0 amide bonds. The highest BCUT2D eigenvalue weighted by molar-refractivity contribution is 6.63. The van der Waals surface area contributed by atoms with E-state index in [1.165, 1.54) is 0 Å². The van der Waals surface area contributed by atoms with Crippen molar-refractivity contribution in [2.24, 2.45) is 0 Å². The summed E-state index contributed by atoms with van der Waals surface area (Å²) in [4.78, 5) is 0. The van der Waals surface area contributed by atoms with Crippen molar-refractivity contribution >= 4 is 17.6 Å². The molecule has 0 spiro atoms. The molecule has 0 aromatic carbocycles. The quantitative estimate of drug-likeness (QED) is 0.370. The van der Waals surface area contributed by atoms with E-state index in [-0.39, 0.29) is 11.5 Å². The fourth-order valence-corrected chi connectivity index (χ4v) is 7.83. The molecule has 0 aliphatic carbocycles. The lowest BCUT2D eigenvalue weighted by molar-refractivity contribution is -0.0458. The van der Waals surface area contributed by atoms with Gasteiger partial charge < -0.3 is 31.3 Å². The maximum absolute atomic E-state index is 6.27. The Labute approximate surface area is 156 Å². The first-order valence-corrected chi connectivity index (χ1v) is 13.0. The van der Waals surface area contributed by atoms with E-state index in [0.29, 0.717) is 39.6 Å². The Bertz CT molecular complexity index is 270. The highest BCUT2D eigenvalue weighted by Crippen LogP contribution is 2.24. The van der Waals surface area contributed by atoms with E-state index in [0.717, 1.165) is 0 Å². The monoisotopic (exact) mass is 398 g/mol. The molecule has 0 saturated carbocycles. The molecule has 0 aliphatic heterocycles. The van der Waals surface area contributed by atoms with Crippen LogP contribution in [-0.2, 0) is 31.3 Å². The van der Waals surface area contributed by atoms with Gasteiger partial charge in [0.25, 0.3) is 0 Å². The summed E-state index contributed by atoms with van der Waals surface area (Å²) in [5, 5.41) is 0. The molecule has 0 N–H and O–H groups in total.